The molecule has 9 heavy (non-hydrogen) atoms. The Hall–Kier alpha value is -0.610. The van der Waals surface area contributed by atoms with E-state index in [1.807, 2.05) is 5.48 Å². The molecule has 0 spiro atoms. The summed E-state index contributed by atoms with van der Waals surface area (Å²) in [5, 5.41) is 16.7. The maximum absolute atomic E-state index is 10.2. The number of aliphatic carboxylic acids is 1. The minimum atomic E-state index is -0.826. The minimum Gasteiger partial charge on any atom is -0.481 e. The van der Waals surface area contributed by atoms with Gasteiger partial charge in [-0.1, -0.05) is 0 Å². The normalized spacial score (nSPS) is 33.4. The van der Waals surface area contributed by atoms with Crippen molar-refractivity contribution in [1.29, 1.82) is 0 Å². The van der Waals surface area contributed by atoms with Crippen LogP contribution in [0.3, 0.4) is 0 Å². The molecule has 1 saturated carbocycles. The van der Waals surface area contributed by atoms with Gasteiger partial charge in [-0.25, -0.2) is 5.48 Å². The first kappa shape index (κ1) is 6.51. The highest BCUT2D eigenvalue weighted by molar-refractivity contribution is 5.72. The van der Waals surface area contributed by atoms with Crippen molar-refractivity contribution in [2.75, 3.05) is 0 Å². The molecule has 0 radical (unpaired) electrons. The fourth-order valence-electron chi connectivity index (χ4n) is 0.950. The van der Waals surface area contributed by atoms with Crippen LogP contribution < -0.4 is 5.48 Å². The lowest BCUT2D eigenvalue weighted by molar-refractivity contribution is -0.148. The van der Waals surface area contributed by atoms with Crippen molar-refractivity contribution >= 4 is 5.97 Å². The highest BCUT2D eigenvalue weighted by Gasteiger charge is 2.35. The van der Waals surface area contributed by atoms with E-state index in [9.17, 15) is 4.79 Å². The summed E-state index contributed by atoms with van der Waals surface area (Å²) in [5.74, 6) is -1.21. The standard InChI is InChI=1S/C5H9NO3/c7-5(8)3-1-2-4(3)6-9/h3-4,6,9H,1-2H2,(H,7,8). The number of carbonyl (C=O) groups is 1. The maximum atomic E-state index is 10.2. The lowest BCUT2D eigenvalue weighted by Crippen LogP contribution is -2.46. The zero-order valence-electron chi connectivity index (χ0n) is 4.87. The van der Waals surface area contributed by atoms with E-state index in [4.69, 9.17) is 10.3 Å². The molecule has 0 amide bonds. The topological polar surface area (TPSA) is 69.6 Å². The molecule has 2 unspecified atom stereocenters. The second-order valence-electron chi connectivity index (χ2n) is 2.26. The zero-order chi connectivity index (χ0) is 6.85. The van der Waals surface area contributed by atoms with Crippen LogP contribution in [-0.2, 0) is 4.79 Å². The molecular formula is C5H9NO3. The van der Waals surface area contributed by atoms with Crippen molar-refractivity contribution in [2.45, 2.75) is 18.9 Å². The number of hydroxylamine groups is 1. The van der Waals surface area contributed by atoms with Gasteiger partial charge in [0, 0.05) is 6.04 Å². The largest absolute Gasteiger partial charge is 0.481 e. The van der Waals surface area contributed by atoms with Crippen LogP contribution in [0.5, 0.6) is 0 Å². The van der Waals surface area contributed by atoms with Crippen LogP contribution in [0.15, 0.2) is 0 Å². The van der Waals surface area contributed by atoms with Crippen LogP contribution in [0.25, 0.3) is 0 Å². The van der Waals surface area contributed by atoms with Crippen LogP contribution >= 0.6 is 0 Å². The van der Waals surface area contributed by atoms with E-state index in [1.54, 1.807) is 0 Å². The highest BCUT2D eigenvalue weighted by Crippen LogP contribution is 2.26. The Bertz CT molecular complexity index is 123. The molecule has 1 fully saturated rings. The fourth-order valence-corrected chi connectivity index (χ4v) is 0.950. The van der Waals surface area contributed by atoms with Crippen molar-refractivity contribution in [3.05, 3.63) is 0 Å². The SMILES string of the molecule is O=C(O)C1CCC1NO. The molecule has 1 rings (SSSR count). The molecule has 0 saturated heterocycles. The second kappa shape index (κ2) is 2.33. The molecule has 4 nitrogen and oxygen atoms in total. The van der Waals surface area contributed by atoms with Crippen LogP contribution in [0.1, 0.15) is 12.8 Å². The Morgan fingerprint density at radius 3 is 2.33 bits per heavy atom. The van der Waals surface area contributed by atoms with Gasteiger partial charge in [-0.3, -0.25) is 4.79 Å². The number of carboxylic acid groups (broad SMARTS) is 1. The molecule has 0 aliphatic heterocycles. The summed E-state index contributed by atoms with van der Waals surface area (Å²) < 4.78 is 0. The van der Waals surface area contributed by atoms with Gasteiger partial charge >= 0.3 is 5.97 Å². The Morgan fingerprint density at radius 2 is 2.22 bits per heavy atom. The van der Waals surface area contributed by atoms with E-state index >= 15 is 0 Å². The molecule has 1 aliphatic carbocycles. The summed E-state index contributed by atoms with van der Waals surface area (Å²) in [5.41, 5.74) is 1.95. The Morgan fingerprint density at radius 1 is 1.56 bits per heavy atom. The van der Waals surface area contributed by atoms with E-state index in [0.717, 1.165) is 6.42 Å². The summed E-state index contributed by atoms with van der Waals surface area (Å²) >= 11 is 0. The summed E-state index contributed by atoms with van der Waals surface area (Å²) in [4.78, 5) is 10.2. The van der Waals surface area contributed by atoms with Gasteiger partial charge in [0.1, 0.15) is 0 Å². The molecule has 0 aromatic heterocycles. The van der Waals surface area contributed by atoms with E-state index in [1.165, 1.54) is 0 Å². The number of hydrogen-bond donors (Lipinski definition) is 3. The van der Waals surface area contributed by atoms with Crippen molar-refractivity contribution in [3.63, 3.8) is 0 Å². The molecule has 0 heterocycles. The lowest BCUT2D eigenvalue weighted by Gasteiger charge is -2.31. The number of nitrogens with one attached hydrogen (secondary N) is 1. The zero-order valence-corrected chi connectivity index (χ0v) is 4.87. The predicted molar refractivity (Wildman–Crippen MR) is 29.1 cm³/mol. The molecule has 0 bridgehead atoms. The quantitative estimate of drug-likeness (QED) is 0.455. The Labute approximate surface area is 52.4 Å². The monoisotopic (exact) mass is 131 g/mol. The van der Waals surface area contributed by atoms with Crippen molar-refractivity contribution in [3.8, 4) is 0 Å². The van der Waals surface area contributed by atoms with Crippen molar-refractivity contribution < 1.29 is 15.1 Å². The third kappa shape index (κ3) is 1.04. The fraction of sp³-hybridized carbons (Fsp3) is 0.800. The van der Waals surface area contributed by atoms with Crippen molar-refractivity contribution in [2.24, 2.45) is 5.92 Å². The first-order chi connectivity index (χ1) is 4.25. The third-order valence-corrected chi connectivity index (χ3v) is 1.76. The predicted octanol–water partition coefficient (Wildman–Crippen LogP) is -0.172. The second-order valence-corrected chi connectivity index (χ2v) is 2.26. The smallest absolute Gasteiger partial charge is 0.308 e. The lowest BCUT2D eigenvalue weighted by atomic mass is 9.80. The Balaban J connectivity index is 2.35. The van der Waals surface area contributed by atoms with Gasteiger partial charge in [0.25, 0.3) is 0 Å². The average molecular weight is 131 g/mol. The van der Waals surface area contributed by atoms with Gasteiger partial charge in [0.15, 0.2) is 0 Å². The molecule has 52 valence electrons. The minimum absolute atomic E-state index is 0.220. The maximum Gasteiger partial charge on any atom is 0.308 e. The number of hydrogen-bond acceptors (Lipinski definition) is 3. The van der Waals surface area contributed by atoms with Gasteiger partial charge < -0.3 is 10.3 Å². The van der Waals surface area contributed by atoms with Crippen LogP contribution in [0.4, 0.5) is 0 Å². The van der Waals surface area contributed by atoms with Crippen molar-refractivity contribution in [1.82, 2.24) is 5.48 Å². The van der Waals surface area contributed by atoms with Gasteiger partial charge in [-0.15, -0.1) is 0 Å². The summed E-state index contributed by atoms with van der Waals surface area (Å²) in [6.45, 7) is 0. The molecular weight excluding hydrogens is 122 g/mol. The van der Waals surface area contributed by atoms with Gasteiger partial charge in [-0.05, 0) is 12.8 Å². The molecule has 0 aromatic carbocycles. The molecule has 3 N–H and O–H groups in total. The Kier molecular flexibility index (Phi) is 1.68. The first-order valence-corrected chi connectivity index (χ1v) is 2.88. The molecule has 2 atom stereocenters. The van der Waals surface area contributed by atoms with E-state index in [-0.39, 0.29) is 12.0 Å². The van der Waals surface area contributed by atoms with Gasteiger partial charge in [0.2, 0.25) is 0 Å². The highest BCUT2D eigenvalue weighted by atomic mass is 16.5. The average Bonchev–Trinajstić information content (AvgIpc) is 1.61. The van der Waals surface area contributed by atoms with Gasteiger partial charge in [-0.2, -0.15) is 0 Å². The van der Waals surface area contributed by atoms with E-state index < -0.39 is 5.97 Å². The van der Waals surface area contributed by atoms with E-state index in [0.29, 0.717) is 6.42 Å². The summed E-state index contributed by atoms with van der Waals surface area (Å²) in [7, 11) is 0. The van der Waals surface area contributed by atoms with Crippen LogP contribution in [0, 0.1) is 5.92 Å². The van der Waals surface area contributed by atoms with E-state index in [2.05, 4.69) is 0 Å². The molecule has 4 heteroatoms. The third-order valence-electron chi connectivity index (χ3n) is 1.76. The first-order valence-electron chi connectivity index (χ1n) is 2.88. The molecule has 1 aliphatic rings. The summed E-state index contributed by atoms with van der Waals surface area (Å²) in [6.07, 6.45) is 1.43. The van der Waals surface area contributed by atoms with Crippen LogP contribution in [-0.4, -0.2) is 22.3 Å². The number of rotatable bonds is 2. The van der Waals surface area contributed by atoms with Gasteiger partial charge in [0.05, 0.1) is 5.92 Å². The summed E-state index contributed by atoms with van der Waals surface area (Å²) in [6, 6.07) is -0.220. The van der Waals surface area contributed by atoms with Crippen LogP contribution in [0.2, 0.25) is 0 Å². The molecule has 0 aromatic rings. The number of carboxylic acids is 1.